The zero-order valence-corrected chi connectivity index (χ0v) is 32.6. The highest BCUT2D eigenvalue weighted by atomic mass is 32.1. The van der Waals surface area contributed by atoms with Gasteiger partial charge in [-0.2, -0.15) is 0 Å². The third-order valence-corrected chi connectivity index (χ3v) is 11.5. The normalized spacial score (nSPS) is 18.9. The molecule has 4 aromatic rings. The van der Waals surface area contributed by atoms with E-state index in [2.05, 4.69) is 25.8 Å². The molecule has 13 nitrogen and oxygen atoms in total. The number of likely N-dealkylation sites (tertiary alicyclic amines) is 1. The van der Waals surface area contributed by atoms with Crippen molar-refractivity contribution in [2.75, 3.05) is 30.3 Å². The Morgan fingerprint density at radius 1 is 1.07 bits per heavy atom. The first-order valence-electron chi connectivity index (χ1n) is 18.5. The molecule has 2 aromatic heterocycles. The first-order chi connectivity index (χ1) is 26.1. The number of phenolic OH excluding ortho intramolecular Hbond substituents is 1. The van der Waals surface area contributed by atoms with Gasteiger partial charge in [-0.15, -0.1) is 21.5 Å². The molecule has 6 rings (SSSR count). The number of aliphatic hydroxyl groups is 1. The Morgan fingerprint density at radius 2 is 1.78 bits per heavy atom. The summed E-state index contributed by atoms with van der Waals surface area (Å²) in [7, 11) is 0. The van der Waals surface area contributed by atoms with Crippen LogP contribution >= 0.6 is 11.3 Å². The highest BCUT2D eigenvalue weighted by Crippen LogP contribution is 2.35. The fourth-order valence-corrected chi connectivity index (χ4v) is 8.19. The highest BCUT2D eigenvalue weighted by molar-refractivity contribution is 7.13. The molecule has 0 radical (unpaired) electrons. The molecule has 292 valence electrons. The summed E-state index contributed by atoms with van der Waals surface area (Å²) in [5.74, 6) is -2.09. The Labute approximate surface area is 324 Å². The number of aliphatic hydroxyl groups excluding tert-OH is 1. The number of nitrogens with two attached hydrogens (primary N) is 1. The van der Waals surface area contributed by atoms with Gasteiger partial charge in [-0.1, -0.05) is 51.1 Å². The Bertz CT molecular complexity index is 2030. The number of hydrogen-bond donors (Lipinski definition) is 5. The Morgan fingerprint density at radius 3 is 2.44 bits per heavy atom. The van der Waals surface area contributed by atoms with Crippen molar-refractivity contribution >= 4 is 40.6 Å². The number of amides is 3. The Balaban J connectivity index is 1.06. The number of β-amino-alcohol motifs (C(OH)–C–C–N with tert-alkyl or cyclic N) is 1. The molecule has 15 heteroatoms. The van der Waals surface area contributed by atoms with E-state index in [1.807, 2.05) is 69.3 Å². The number of aromatic nitrogens is 3. The molecular formula is C40H49FN8O5S. The van der Waals surface area contributed by atoms with Crippen molar-refractivity contribution < 1.29 is 29.0 Å². The molecule has 2 aliphatic heterocycles. The number of carbonyl (C=O) groups excluding carboxylic acids is 3. The summed E-state index contributed by atoms with van der Waals surface area (Å²) >= 11 is 1.57. The van der Waals surface area contributed by atoms with Gasteiger partial charge in [0.2, 0.25) is 17.7 Å². The Hall–Kier alpha value is -5.15. The lowest BCUT2D eigenvalue weighted by atomic mass is 9.85. The lowest BCUT2D eigenvalue weighted by Crippen LogP contribution is -2.58. The third-order valence-electron chi connectivity index (χ3n) is 10.6. The summed E-state index contributed by atoms with van der Waals surface area (Å²) in [5.41, 5.74) is 11.3. The molecule has 3 amide bonds. The summed E-state index contributed by atoms with van der Waals surface area (Å²) in [5, 5.41) is 35.0. The molecular weight excluding hydrogens is 724 g/mol. The van der Waals surface area contributed by atoms with Crippen LogP contribution in [-0.4, -0.2) is 85.8 Å². The topological polar surface area (TPSA) is 187 Å². The SMILES string of the molecule is Cc1ncsc1-c1ccc(C(C)NC(=O)[C@@H]2C[C@@H](O)CN2C(=O)C(NC(=O)CC2CCN(c3cc(-c4cccc(F)c4O)nnc3N)CC2)C(C)(C)C)cc1. The van der Waals surface area contributed by atoms with E-state index in [9.17, 15) is 29.0 Å². The molecule has 6 N–H and O–H groups in total. The second-order valence-corrected chi connectivity index (χ2v) is 16.5. The van der Waals surface area contributed by atoms with Gasteiger partial charge in [-0.25, -0.2) is 9.37 Å². The Kier molecular flexibility index (Phi) is 11.7. The number of thiazole rings is 1. The van der Waals surface area contributed by atoms with Gasteiger partial charge in [0.05, 0.1) is 39.6 Å². The highest BCUT2D eigenvalue weighted by Gasteiger charge is 2.45. The predicted molar refractivity (Wildman–Crippen MR) is 209 cm³/mol. The number of nitrogens with one attached hydrogen (secondary N) is 2. The van der Waals surface area contributed by atoms with E-state index in [0.29, 0.717) is 31.6 Å². The van der Waals surface area contributed by atoms with Gasteiger partial charge in [0.15, 0.2) is 17.4 Å². The number of nitrogens with zero attached hydrogens (tertiary/aromatic N) is 5. The van der Waals surface area contributed by atoms with Crippen molar-refractivity contribution in [1.29, 1.82) is 0 Å². The lowest BCUT2D eigenvalue weighted by Gasteiger charge is -2.36. The second kappa shape index (κ2) is 16.3. The zero-order valence-electron chi connectivity index (χ0n) is 31.8. The molecule has 0 aliphatic carbocycles. The molecule has 4 heterocycles. The molecule has 4 atom stereocenters. The van der Waals surface area contributed by atoms with Crippen molar-refractivity contribution in [1.82, 2.24) is 30.7 Å². The van der Waals surface area contributed by atoms with Crippen LogP contribution in [0.25, 0.3) is 21.7 Å². The first kappa shape index (κ1) is 39.5. The molecule has 55 heavy (non-hydrogen) atoms. The molecule has 2 aromatic carbocycles. The van der Waals surface area contributed by atoms with Crippen LogP contribution in [0.1, 0.15) is 70.7 Å². The number of carbonyl (C=O) groups is 3. The molecule has 0 saturated carbocycles. The van der Waals surface area contributed by atoms with E-state index in [-0.39, 0.29) is 60.2 Å². The minimum Gasteiger partial charge on any atom is -0.504 e. The molecule has 2 unspecified atom stereocenters. The lowest BCUT2D eigenvalue weighted by molar-refractivity contribution is -0.144. The van der Waals surface area contributed by atoms with Crippen molar-refractivity contribution in [3.63, 3.8) is 0 Å². The van der Waals surface area contributed by atoms with Crippen LogP contribution in [0.15, 0.2) is 54.0 Å². The number of benzene rings is 2. The number of rotatable bonds is 10. The summed E-state index contributed by atoms with van der Waals surface area (Å²) in [4.78, 5) is 50.2. The second-order valence-electron chi connectivity index (χ2n) is 15.7. The van der Waals surface area contributed by atoms with Crippen molar-refractivity contribution in [3.05, 3.63) is 71.1 Å². The van der Waals surface area contributed by atoms with E-state index in [4.69, 9.17) is 5.73 Å². The summed E-state index contributed by atoms with van der Waals surface area (Å²) in [6.07, 6.45) is 0.747. The average molecular weight is 773 g/mol. The number of nitrogen functional groups attached to an aromatic ring is 1. The smallest absolute Gasteiger partial charge is 0.246 e. The fraction of sp³-hybridized carbons (Fsp3) is 0.450. The maximum Gasteiger partial charge on any atom is 0.246 e. The summed E-state index contributed by atoms with van der Waals surface area (Å²) < 4.78 is 14.0. The molecule has 2 aliphatic rings. The largest absolute Gasteiger partial charge is 0.504 e. The van der Waals surface area contributed by atoms with E-state index in [0.717, 1.165) is 27.8 Å². The van der Waals surface area contributed by atoms with E-state index in [1.54, 1.807) is 23.5 Å². The molecule has 0 spiro atoms. The van der Waals surface area contributed by atoms with E-state index in [1.165, 1.54) is 11.0 Å². The maximum absolute atomic E-state index is 14.2. The van der Waals surface area contributed by atoms with Gasteiger partial charge in [-0.3, -0.25) is 14.4 Å². The van der Waals surface area contributed by atoms with E-state index < -0.39 is 41.1 Å². The van der Waals surface area contributed by atoms with Crippen molar-refractivity contribution in [2.24, 2.45) is 11.3 Å². The van der Waals surface area contributed by atoms with Gasteiger partial charge >= 0.3 is 0 Å². The fourth-order valence-electron chi connectivity index (χ4n) is 7.37. The minimum atomic E-state index is -0.929. The van der Waals surface area contributed by atoms with Crippen LogP contribution in [0.2, 0.25) is 0 Å². The van der Waals surface area contributed by atoms with Crippen LogP contribution in [0.5, 0.6) is 5.75 Å². The number of aryl methyl sites for hydroxylation is 1. The number of anilines is 2. The van der Waals surface area contributed by atoms with Gasteiger partial charge in [-0.05, 0) is 67.3 Å². The number of halogens is 1. The quantitative estimate of drug-likeness (QED) is 0.147. The molecule has 2 fully saturated rings. The maximum atomic E-state index is 14.2. The van der Waals surface area contributed by atoms with Crippen LogP contribution in [0.4, 0.5) is 15.9 Å². The van der Waals surface area contributed by atoms with Crippen LogP contribution in [0.3, 0.4) is 0 Å². The first-order valence-corrected chi connectivity index (χ1v) is 19.4. The monoisotopic (exact) mass is 772 g/mol. The van der Waals surface area contributed by atoms with Gasteiger partial charge in [0.25, 0.3) is 0 Å². The zero-order chi connectivity index (χ0) is 39.6. The van der Waals surface area contributed by atoms with Crippen molar-refractivity contribution in [3.8, 4) is 27.4 Å². The minimum absolute atomic E-state index is 0.0113. The van der Waals surface area contributed by atoms with E-state index >= 15 is 0 Å². The molecule has 0 bridgehead atoms. The number of piperidine rings is 1. The summed E-state index contributed by atoms with van der Waals surface area (Å²) in [6.45, 7) is 10.6. The standard InChI is InChI=1S/C40H49FN8O5S/c1-22(25-9-11-26(12-10-25)35-23(2)43-21-55-35)44-38(53)32-18-27(50)20-49(32)39(54)36(40(3,4)5)45-33(51)17-24-13-15-48(16-14-24)31-19-30(46-47-37(31)42)28-7-6-8-29(41)34(28)52/h6-12,19,21-22,24,27,32,36,50,52H,13-18,20H2,1-5H3,(H2,42,47)(H,44,53)(H,45,51)/t22?,27-,32+,36?/m1/s1. The number of aromatic hydroxyl groups is 1. The predicted octanol–water partition coefficient (Wildman–Crippen LogP) is 4.98. The van der Waals surface area contributed by atoms with Crippen LogP contribution in [-0.2, 0) is 14.4 Å². The number of phenols is 1. The average Bonchev–Trinajstić information content (AvgIpc) is 3.77. The van der Waals surface area contributed by atoms with Crippen LogP contribution < -0.4 is 21.3 Å². The van der Waals surface area contributed by atoms with Crippen molar-refractivity contribution in [2.45, 2.75) is 84.5 Å². The number of hydrogen-bond acceptors (Lipinski definition) is 11. The third kappa shape index (κ3) is 8.89. The molecule has 2 saturated heterocycles. The van der Waals surface area contributed by atoms with Gasteiger partial charge in [0.1, 0.15) is 12.1 Å². The van der Waals surface area contributed by atoms with Gasteiger partial charge in [0, 0.05) is 38.0 Å². The van der Waals surface area contributed by atoms with Crippen LogP contribution in [0, 0.1) is 24.1 Å². The number of para-hydroxylation sites is 1. The summed E-state index contributed by atoms with van der Waals surface area (Å²) in [6, 6.07) is 11.6. The van der Waals surface area contributed by atoms with Gasteiger partial charge < -0.3 is 36.4 Å².